The van der Waals surface area contributed by atoms with Crippen LogP contribution in [0.3, 0.4) is 0 Å². The molecule has 0 aliphatic heterocycles. The normalized spacial score (nSPS) is 19.1. The summed E-state index contributed by atoms with van der Waals surface area (Å²) in [6.07, 6.45) is 3.70. The smallest absolute Gasteiger partial charge is 0.236 e. The summed E-state index contributed by atoms with van der Waals surface area (Å²) in [6.45, 7) is 3.39. The Morgan fingerprint density at radius 1 is 1.64 bits per heavy atom. The van der Waals surface area contributed by atoms with Crippen molar-refractivity contribution in [3.8, 4) is 0 Å². The maximum absolute atomic E-state index is 11.5. The first-order valence-electron chi connectivity index (χ1n) is 5.38. The monoisotopic (exact) mass is 199 g/mol. The average molecular weight is 199 g/mol. The number of likely N-dealkylation sites (N-methyl/N-ethyl adjacent to an activating group) is 1. The van der Waals surface area contributed by atoms with Gasteiger partial charge in [0, 0.05) is 26.2 Å². The van der Waals surface area contributed by atoms with E-state index in [0.717, 1.165) is 6.54 Å². The molecule has 1 amide bonds. The van der Waals surface area contributed by atoms with Crippen LogP contribution < -0.4 is 11.1 Å². The number of carbonyl (C=O) groups is 1. The second-order valence-corrected chi connectivity index (χ2v) is 3.90. The van der Waals surface area contributed by atoms with Crippen LogP contribution in [0.4, 0.5) is 0 Å². The molecule has 0 aromatic heterocycles. The molecule has 1 unspecified atom stereocenters. The van der Waals surface area contributed by atoms with E-state index in [-0.39, 0.29) is 11.9 Å². The van der Waals surface area contributed by atoms with E-state index in [4.69, 9.17) is 5.73 Å². The fourth-order valence-electron chi connectivity index (χ4n) is 1.92. The Hall–Kier alpha value is -0.610. The van der Waals surface area contributed by atoms with Crippen molar-refractivity contribution in [1.29, 1.82) is 0 Å². The van der Waals surface area contributed by atoms with Gasteiger partial charge in [-0.3, -0.25) is 9.69 Å². The molecule has 1 atom stereocenters. The number of nitrogens with two attached hydrogens (primary N) is 1. The van der Waals surface area contributed by atoms with Crippen molar-refractivity contribution in [2.75, 3.05) is 20.1 Å². The van der Waals surface area contributed by atoms with Gasteiger partial charge in [-0.1, -0.05) is 6.42 Å². The quantitative estimate of drug-likeness (QED) is 0.652. The minimum Gasteiger partial charge on any atom is -0.358 e. The van der Waals surface area contributed by atoms with Gasteiger partial charge in [-0.15, -0.1) is 0 Å². The number of nitrogens with zero attached hydrogens (tertiary/aromatic N) is 1. The van der Waals surface area contributed by atoms with Crippen LogP contribution in [0.15, 0.2) is 0 Å². The van der Waals surface area contributed by atoms with Gasteiger partial charge in [-0.25, -0.2) is 0 Å². The van der Waals surface area contributed by atoms with Gasteiger partial charge in [0.25, 0.3) is 0 Å². The van der Waals surface area contributed by atoms with Crippen molar-refractivity contribution in [2.45, 2.75) is 38.3 Å². The Kier molecular flexibility index (Phi) is 4.35. The number of rotatable bonds is 5. The maximum atomic E-state index is 11.5. The molecule has 14 heavy (non-hydrogen) atoms. The molecule has 0 aromatic carbocycles. The number of hydrogen-bond donors (Lipinski definition) is 2. The zero-order chi connectivity index (χ0) is 10.6. The molecular weight excluding hydrogens is 178 g/mol. The lowest BCUT2D eigenvalue weighted by Crippen LogP contribution is -2.52. The summed E-state index contributed by atoms with van der Waals surface area (Å²) in [6, 6.07) is 0.527. The highest BCUT2D eigenvalue weighted by Gasteiger charge is 2.30. The van der Waals surface area contributed by atoms with Crippen molar-refractivity contribution in [3.63, 3.8) is 0 Å². The predicted octanol–water partition coefficient (Wildman–Crippen LogP) is -0.0659. The van der Waals surface area contributed by atoms with Gasteiger partial charge in [-0.05, 0) is 19.8 Å². The number of carbonyl (C=O) groups excluding carboxylic acids is 1. The SMILES string of the molecule is CNC(=O)C(C)N(CCN)C1CCC1. The van der Waals surface area contributed by atoms with Gasteiger partial charge in [0.05, 0.1) is 6.04 Å². The minimum absolute atomic E-state index is 0.0474. The molecule has 0 aromatic rings. The first-order valence-corrected chi connectivity index (χ1v) is 5.38. The molecule has 1 saturated carbocycles. The molecule has 1 fully saturated rings. The molecule has 4 nitrogen and oxygen atoms in total. The minimum atomic E-state index is -0.0474. The second-order valence-electron chi connectivity index (χ2n) is 3.90. The Morgan fingerprint density at radius 3 is 2.64 bits per heavy atom. The molecule has 0 spiro atoms. The fourth-order valence-corrected chi connectivity index (χ4v) is 1.92. The molecule has 82 valence electrons. The zero-order valence-electron chi connectivity index (χ0n) is 9.12. The molecule has 0 radical (unpaired) electrons. The Morgan fingerprint density at radius 2 is 2.29 bits per heavy atom. The summed E-state index contributed by atoms with van der Waals surface area (Å²) in [7, 11) is 1.68. The van der Waals surface area contributed by atoms with Crippen molar-refractivity contribution in [3.05, 3.63) is 0 Å². The van der Waals surface area contributed by atoms with Crippen LogP contribution in [0.5, 0.6) is 0 Å². The molecule has 0 bridgehead atoms. The van der Waals surface area contributed by atoms with Crippen molar-refractivity contribution in [1.82, 2.24) is 10.2 Å². The van der Waals surface area contributed by atoms with Crippen molar-refractivity contribution in [2.24, 2.45) is 5.73 Å². The summed E-state index contributed by atoms with van der Waals surface area (Å²) >= 11 is 0. The average Bonchev–Trinajstić information content (AvgIpc) is 2.12. The van der Waals surface area contributed by atoms with E-state index in [2.05, 4.69) is 10.2 Å². The van der Waals surface area contributed by atoms with E-state index in [1.165, 1.54) is 19.3 Å². The predicted molar refractivity (Wildman–Crippen MR) is 56.9 cm³/mol. The number of amides is 1. The van der Waals surface area contributed by atoms with E-state index in [9.17, 15) is 4.79 Å². The van der Waals surface area contributed by atoms with Gasteiger partial charge in [0.1, 0.15) is 0 Å². The topological polar surface area (TPSA) is 58.4 Å². The first-order chi connectivity index (χ1) is 6.70. The van der Waals surface area contributed by atoms with E-state index < -0.39 is 0 Å². The highest BCUT2D eigenvalue weighted by atomic mass is 16.2. The second kappa shape index (κ2) is 5.32. The lowest BCUT2D eigenvalue weighted by molar-refractivity contribution is -0.127. The van der Waals surface area contributed by atoms with Crippen LogP contribution in [0.25, 0.3) is 0 Å². The molecular formula is C10H21N3O. The lowest BCUT2D eigenvalue weighted by Gasteiger charge is -2.40. The van der Waals surface area contributed by atoms with Crippen LogP contribution in [0.1, 0.15) is 26.2 Å². The summed E-state index contributed by atoms with van der Waals surface area (Å²) in [5.74, 6) is 0.0883. The van der Waals surface area contributed by atoms with E-state index in [0.29, 0.717) is 12.6 Å². The van der Waals surface area contributed by atoms with Gasteiger partial charge in [-0.2, -0.15) is 0 Å². The molecule has 0 saturated heterocycles. The van der Waals surface area contributed by atoms with Crippen molar-refractivity contribution < 1.29 is 4.79 Å². The Balaban J connectivity index is 2.51. The van der Waals surface area contributed by atoms with Gasteiger partial charge >= 0.3 is 0 Å². The van der Waals surface area contributed by atoms with Gasteiger partial charge in [0.15, 0.2) is 0 Å². The third-order valence-electron chi connectivity index (χ3n) is 3.05. The first kappa shape index (κ1) is 11.5. The van der Waals surface area contributed by atoms with E-state index in [1.807, 2.05) is 6.92 Å². The van der Waals surface area contributed by atoms with Crippen LogP contribution >= 0.6 is 0 Å². The number of nitrogens with one attached hydrogen (secondary N) is 1. The molecule has 0 heterocycles. The molecule has 3 N–H and O–H groups in total. The van der Waals surface area contributed by atoms with Gasteiger partial charge in [0.2, 0.25) is 5.91 Å². The molecule has 1 rings (SSSR count). The van der Waals surface area contributed by atoms with Crippen LogP contribution in [0.2, 0.25) is 0 Å². The summed E-state index contributed by atoms with van der Waals surface area (Å²) < 4.78 is 0. The third-order valence-corrected chi connectivity index (χ3v) is 3.05. The van der Waals surface area contributed by atoms with Crippen LogP contribution in [-0.4, -0.2) is 43.0 Å². The molecule has 1 aliphatic rings. The maximum Gasteiger partial charge on any atom is 0.236 e. The van der Waals surface area contributed by atoms with Gasteiger partial charge < -0.3 is 11.1 Å². The summed E-state index contributed by atoms with van der Waals surface area (Å²) in [5, 5.41) is 2.69. The largest absolute Gasteiger partial charge is 0.358 e. The highest BCUT2D eigenvalue weighted by molar-refractivity contribution is 5.81. The van der Waals surface area contributed by atoms with E-state index >= 15 is 0 Å². The Labute approximate surface area is 85.8 Å². The number of hydrogen-bond acceptors (Lipinski definition) is 3. The lowest BCUT2D eigenvalue weighted by atomic mass is 9.90. The zero-order valence-corrected chi connectivity index (χ0v) is 9.12. The third kappa shape index (κ3) is 2.45. The standard InChI is InChI=1S/C10H21N3O/c1-8(10(14)12-2)13(7-6-11)9-4-3-5-9/h8-9H,3-7,11H2,1-2H3,(H,12,14). The van der Waals surface area contributed by atoms with Crippen LogP contribution in [0, 0.1) is 0 Å². The van der Waals surface area contributed by atoms with Crippen molar-refractivity contribution >= 4 is 5.91 Å². The highest BCUT2D eigenvalue weighted by Crippen LogP contribution is 2.26. The fraction of sp³-hybridized carbons (Fsp3) is 0.900. The summed E-state index contributed by atoms with van der Waals surface area (Å²) in [5.41, 5.74) is 5.55. The molecule has 1 aliphatic carbocycles. The van der Waals surface area contributed by atoms with E-state index in [1.54, 1.807) is 7.05 Å². The Bertz CT molecular complexity index is 192. The molecule has 4 heteroatoms. The van der Waals surface area contributed by atoms with Crippen LogP contribution in [-0.2, 0) is 4.79 Å². The summed E-state index contributed by atoms with van der Waals surface area (Å²) in [4.78, 5) is 13.7.